The highest BCUT2D eigenvalue weighted by molar-refractivity contribution is 6.31. The summed E-state index contributed by atoms with van der Waals surface area (Å²) in [6.45, 7) is 2.73. The summed E-state index contributed by atoms with van der Waals surface area (Å²) < 4.78 is 6.74. The Morgan fingerprint density at radius 1 is 1.24 bits per heavy atom. The molecule has 1 aliphatic heterocycles. The summed E-state index contributed by atoms with van der Waals surface area (Å²) in [4.78, 5) is 28.1. The Morgan fingerprint density at radius 3 is 2.79 bits per heavy atom. The summed E-state index contributed by atoms with van der Waals surface area (Å²) in [7, 11) is 3.46. The molecular weight excluding hydrogens is 438 g/mol. The number of hydrogen-bond acceptors (Lipinski definition) is 4. The van der Waals surface area contributed by atoms with Gasteiger partial charge < -0.3 is 19.5 Å². The number of aromatic nitrogens is 1. The first-order chi connectivity index (χ1) is 16.0. The van der Waals surface area contributed by atoms with Gasteiger partial charge in [-0.05, 0) is 73.4 Å². The fourth-order valence-corrected chi connectivity index (χ4v) is 4.98. The molecule has 0 bridgehead atoms. The van der Waals surface area contributed by atoms with Crippen LogP contribution < -0.4 is 10.9 Å². The number of carbonyl (C=O) groups excluding carboxylic acids is 1. The van der Waals surface area contributed by atoms with Crippen LogP contribution >= 0.6 is 11.6 Å². The van der Waals surface area contributed by atoms with Crippen molar-refractivity contribution in [1.29, 1.82) is 0 Å². The predicted molar refractivity (Wildman–Crippen MR) is 131 cm³/mol. The van der Waals surface area contributed by atoms with Crippen LogP contribution in [0.25, 0.3) is 0 Å². The maximum atomic E-state index is 13.9. The van der Waals surface area contributed by atoms with E-state index in [-0.39, 0.29) is 29.3 Å². The van der Waals surface area contributed by atoms with Gasteiger partial charge in [0.25, 0.3) is 5.56 Å². The molecule has 1 N–H and O–H groups in total. The summed E-state index contributed by atoms with van der Waals surface area (Å²) in [6.07, 6.45) is 6.59. The van der Waals surface area contributed by atoms with Crippen molar-refractivity contribution in [3.63, 3.8) is 0 Å². The topological polar surface area (TPSA) is 63.6 Å². The van der Waals surface area contributed by atoms with Crippen LogP contribution in [0.5, 0.6) is 0 Å². The van der Waals surface area contributed by atoms with Crippen LogP contribution in [0.15, 0.2) is 41.3 Å². The van der Waals surface area contributed by atoms with Gasteiger partial charge in [-0.2, -0.15) is 0 Å². The third kappa shape index (κ3) is 5.86. The second-order valence-electron chi connectivity index (χ2n) is 9.33. The van der Waals surface area contributed by atoms with E-state index in [4.69, 9.17) is 16.3 Å². The maximum absolute atomic E-state index is 13.9. The molecule has 1 unspecified atom stereocenters. The molecule has 2 atom stereocenters. The van der Waals surface area contributed by atoms with Gasteiger partial charge in [-0.1, -0.05) is 23.7 Å². The molecule has 0 spiro atoms. The Balaban J connectivity index is 1.55. The Bertz CT molecular complexity index is 1030. The first kappa shape index (κ1) is 24.0. The number of hydrogen-bond donors (Lipinski definition) is 1. The van der Waals surface area contributed by atoms with Crippen molar-refractivity contribution in [2.45, 2.75) is 50.6 Å². The third-order valence-electron chi connectivity index (χ3n) is 6.89. The molecule has 2 aromatic rings. The minimum absolute atomic E-state index is 0.0339. The zero-order valence-electron chi connectivity index (χ0n) is 19.6. The molecule has 1 aliphatic carbocycles. The molecule has 1 saturated carbocycles. The molecule has 4 rings (SSSR count). The van der Waals surface area contributed by atoms with Gasteiger partial charge in [-0.25, -0.2) is 0 Å². The fraction of sp³-hybridized carbons (Fsp3) is 0.538. The van der Waals surface area contributed by atoms with Crippen LogP contribution in [0.1, 0.15) is 48.3 Å². The van der Waals surface area contributed by atoms with Gasteiger partial charge >= 0.3 is 0 Å². The van der Waals surface area contributed by atoms with Crippen molar-refractivity contribution in [1.82, 2.24) is 14.8 Å². The van der Waals surface area contributed by atoms with E-state index in [1.807, 2.05) is 17.0 Å². The Hall–Kier alpha value is -2.15. The molecule has 1 saturated heterocycles. The molecule has 0 radical (unpaired) electrons. The quantitative estimate of drug-likeness (QED) is 0.568. The highest BCUT2D eigenvalue weighted by Gasteiger charge is 2.40. The molecule has 1 aromatic carbocycles. The smallest absolute Gasteiger partial charge is 0.250 e. The normalized spacial score (nSPS) is 20.6. The van der Waals surface area contributed by atoms with E-state index in [0.717, 1.165) is 56.4 Å². The first-order valence-corrected chi connectivity index (χ1v) is 12.3. The number of nitrogens with zero attached hydrogens (tertiary/aromatic N) is 2. The van der Waals surface area contributed by atoms with E-state index in [1.165, 1.54) is 5.56 Å². The molecule has 7 heteroatoms. The van der Waals surface area contributed by atoms with Gasteiger partial charge in [0.2, 0.25) is 5.91 Å². The van der Waals surface area contributed by atoms with Crippen molar-refractivity contribution in [2.24, 2.45) is 13.0 Å². The standard InChI is InChI=1S/C26H34ClN3O3/c1-29-12-10-19(15-25(29)31)22-9-11-28-16-23(22)26(32)30(21-6-7-21)17-20-14-18(4-3-13-33-2)5-8-24(20)27/h5,8,10,12,14-15,21-23,28H,3-4,6-7,9,11,13,16-17H2,1-2H3/t22?,23-/m0/s1. The number of ether oxygens (including phenoxy) is 1. The maximum Gasteiger partial charge on any atom is 0.250 e. The Kier molecular flexibility index (Phi) is 7.89. The molecule has 1 aromatic heterocycles. The zero-order valence-corrected chi connectivity index (χ0v) is 20.3. The average molecular weight is 472 g/mol. The number of carbonyl (C=O) groups is 1. The molecule has 2 aliphatic rings. The summed E-state index contributed by atoms with van der Waals surface area (Å²) in [6, 6.07) is 10.1. The summed E-state index contributed by atoms with van der Waals surface area (Å²) >= 11 is 6.56. The molecule has 2 fully saturated rings. The molecule has 178 valence electrons. The number of nitrogens with one attached hydrogen (secondary N) is 1. The van der Waals surface area contributed by atoms with Crippen molar-refractivity contribution in [3.05, 3.63) is 68.6 Å². The van der Waals surface area contributed by atoms with Crippen LogP contribution in [0, 0.1) is 5.92 Å². The molecular formula is C26H34ClN3O3. The molecule has 33 heavy (non-hydrogen) atoms. The lowest BCUT2D eigenvalue weighted by Crippen LogP contribution is -2.47. The van der Waals surface area contributed by atoms with Crippen molar-refractivity contribution >= 4 is 17.5 Å². The van der Waals surface area contributed by atoms with Gasteiger partial charge in [0.1, 0.15) is 0 Å². The minimum Gasteiger partial charge on any atom is -0.385 e. The second kappa shape index (κ2) is 10.9. The number of rotatable bonds is 9. The van der Waals surface area contributed by atoms with Crippen molar-refractivity contribution in [3.8, 4) is 0 Å². The number of benzene rings is 1. The fourth-order valence-electron chi connectivity index (χ4n) is 4.81. The Labute approximate surface area is 200 Å². The van der Waals surface area contributed by atoms with Gasteiger partial charge in [-0.15, -0.1) is 0 Å². The van der Waals surface area contributed by atoms with E-state index >= 15 is 0 Å². The SMILES string of the molecule is COCCCc1ccc(Cl)c(CN(C(=O)[C@H]2CNCCC2c2ccn(C)c(=O)c2)C2CC2)c1. The number of methoxy groups -OCH3 is 1. The van der Waals surface area contributed by atoms with Gasteiger partial charge in [0.15, 0.2) is 0 Å². The zero-order chi connectivity index (χ0) is 23.4. The van der Waals surface area contributed by atoms with Crippen LogP contribution in [0.4, 0.5) is 0 Å². The van der Waals surface area contributed by atoms with Crippen molar-refractivity contribution < 1.29 is 9.53 Å². The number of pyridine rings is 1. The number of amides is 1. The summed E-state index contributed by atoms with van der Waals surface area (Å²) in [5.74, 6) is 0.0242. The Morgan fingerprint density at radius 2 is 2.06 bits per heavy atom. The van der Waals surface area contributed by atoms with Crippen LogP contribution in [-0.2, 0) is 29.5 Å². The van der Waals surface area contributed by atoms with Gasteiger partial charge in [-0.3, -0.25) is 9.59 Å². The van der Waals surface area contributed by atoms with Gasteiger partial charge in [0.05, 0.1) is 5.92 Å². The van der Waals surface area contributed by atoms with Crippen LogP contribution in [0.3, 0.4) is 0 Å². The van der Waals surface area contributed by atoms with Crippen LogP contribution in [0.2, 0.25) is 5.02 Å². The predicted octanol–water partition coefficient (Wildman–Crippen LogP) is 3.50. The minimum atomic E-state index is -0.185. The molecule has 6 nitrogen and oxygen atoms in total. The largest absolute Gasteiger partial charge is 0.385 e. The van der Waals surface area contributed by atoms with E-state index in [0.29, 0.717) is 18.1 Å². The van der Waals surface area contributed by atoms with E-state index in [1.54, 1.807) is 31.0 Å². The summed E-state index contributed by atoms with van der Waals surface area (Å²) in [5.41, 5.74) is 3.15. The number of piperidine rings is 1. The molecule has 2 heterocycles. The van der Waals surface area contributed by atoms with E-state index < -0.39 is 0 Å². The number of aryl methyl sites for hydroxylation is 2. The monoisotopic (exact) mass is 471 g/mol. The van der Waals surface area contributed by atoms with Crippen LogP contribution in [-0.4, -0.2) is 48.2 Å². The highest BCUT2D eigenvalue weighted by atomic mass is 35.5. The van der Waals surface area contributed by atoms with Crippen molar-refractivity contribution in [2.75, 3.05) is 26.8 Å². The first-order valence-electron chi connectivity index (χ1n) is 11.9. The van der Waals surface area contributed by atoms with E-state index in [2.05, 4.69) is 17.4 Å². The third-order valence-corrected chi connectivity index (χ3v) is 7.26. The average Bonchev–Trinajstić information content (AvgIpc) is 3.66. The second-order valence-corrected chi connectivity index (χ2v) is 9.74. The lowest BCUT2D eigenvalue weighted by atomic mass is 9.80. The van der Waals surface area contributed by atoms with E-state index in [9.17, 15) is 9.59 Å². The lowest BCUT2D eigenvalue weighted by Gasteiger charge is -2.36. The van der Waals surface area contributed by atoms with Gasteiger partial charge in [0, 0.05) is 57.2 Å². The highest BCUT2D eigenvalue weighted by Crippen LogP contribution is 2.36. The summed E-state index contributed by atoms with van der Waals surface area (Å²) in [5, 5.41) is 4.10. The molecule has 1 amide bonds. The number of halogens is 1. The lowest BCUT2D eigenvalue weighted by molar-refractivity contribution is -0.138.